The SMILES string of the molecule is CNC(=O)CNC(=O)c1ccc(COc2cc(N)nc3c2NNN3)c(Cl)c1. The van der Waals surface area contributed by atoms with Crippen molar-refractivity contribution in [2.75, 3.05) is 30.2 Å². The summed E-state index contributed by atoms with van der Waals surface area (Å²) >= 11 is 6.26. The normalized spacial score (nSPS) is 11.8. The van der Waals surface area contributed by atoms with Gasteiger partial charge in [-0.15, -0.1) is 5.53 Å². The highest BCUT2D eigenvalue weighted by Gasteiger charge is 2.18. The van der Waals surface area contributed by atoms with Crippen LogP contribution < -0.4 is 37.5 Å². The van der Waals surface area contributed by atoms with Crippen molar-refractivity contribution >= 4 is 40.7 Å². The van der Waals surface area contributed by atoms with E-state index in [1.165, 1.54) is 13.1 Å². The standard InChI is InChI=1S/C16H18ClN7O3/c1-19-13(25)6-20-16(26)8-2-3-9(10(17)4-8)7-27-11-5-12(18)21-15-14(11)22-24-23-15/h2-5,22,24H,6-7H2,1H3,(H,19,25)(H,20,26)(H3,18,21,23). The smallest absolute Gasteiger partial charge is 0.251 e. The van der Waals surface area contributed by atoms with Gasteiger partial charge >= 0.3 is 0 Å². The van der Waals surface area contributed by atoms with Crippen molar-refractivity contribution in [3.63, 3.8) is 0 Å². The van der Waals surface area contributed by atoms with E-state index in [-0.39, 0.29) is 19.1 Å². The van der Waals surface area contributed by atoms with Gasteiger partial charge in [0.2, 0.25) is 5.91 Å². The average molecular weight is 392 g/mol. The van der Waals surface area contributed by atoms with Gasteiger partial charge in [-0.3, -0.25) is 20.4 Å². The van der Waals surface area contributed by atoms with E-state index in [0.717, 1.165) is 0 Å². The van der Waals surface area contributed by atoms with Gasteiger partial charge in [-0.25, -0.2) is 4.98 Å². The number of ether oxygens (including phenoxy) is 1. The van der Waals surface area contributed by atoms with E-state index < -0.39 is 5.91 Å². The van der Waals surface area contributed by atoms with Crippen LogP contribution in [0.4, 0.5) is 17.3 Å². The van der Waals surface area contributed by atoms with Crippen LogP contribution in [0.25, 0.3) is 0 Å². The molecule has 0 saturated carbocycles. The Hall–Kier alpha value is -3.24. The van der Waals surface area contributed by atoms with Crippen LogP contribution in [0.1, 0.15) is 15.9 Å². The Labute approximate surface area is 159 Å². The molecule has 0 atom stereocenters. The fraction of sp³-hybridized carbons (Fsp3) is 0.188. The van der Waals surface area contributed by atoms with Crippen molar-refractivity contribution in [3.8, 4) is 5.75 Å². The molecule has 1 aromatic carbocycles. The second-order valence-electron chi connectivity index (χ2n) is 5.59. The molecule has 1 aliphatic rings. The number of carbonyl (C=O) groups is 2. The first-order valence-electron chi connectivity index (χ1n) is 7.95. The number of anilines is 3. The molecule has 2 amide bonds. The third-order valence-electron chi connectivity index (χ3n) is 3.76. The molecular weight excluding hydrogens is 374 g/mol. The summed E-state index contributed by atoms with van der Waals surface area (Å²) in [5, 5.41) is 5.29. The summed E-state index contributed by atoms with van der Waals surface area (Å²) in [6.07, 6.45) is 0. The third-order valence-corrected chi connectivity index (χ3v) is 4.11. The van der Waals surface area contributed by atoms with Crippen molar-refractivity contribution < 1.29 is 14.3 Å². The maximum atomic E-state index is 12.0. The maximum absolute atomic E-state index is 12.0. The zero-order valence-electron chi connectivity index (χ0n) is 14.4. The monoisotopic (exact) mass is 391 g/mol. The van der Waals surface area contributed by atoms with Crippen LogP contribution in [0.3, 0.4) is 0 Å². The lowest BCUT2D eigenvalue weighted by molar-refractivity contribution is -0.119. The molecule has 1 aliphatic heterocycles. The summed E-state index contributed by atoms with van der Waals surface area (Å²) in [6, 6.07) is 6.41. The number of nitrogens with zero attached hydrogens (tertiary/aromatic N) is 1. The minimum absolute atomic E-state index is 0.110. The Bertz CT molecular complexity index is 891. The number of nitrogen functional groups attached to an aromatic ring is 1. The summed E-state index contributed by atoms with van der Waals surface area (Å²) in [6.45, 7) is 0.0536. The number of benzene rings is 1. The number of aromatic nitrogens is 1. The van der Waals surface area contributed by atoms with Crippen molar-refractivity contribution in [1.82, 2.24) is 21.2 Å². The van der Waals surface area contributed by atoms with E-state index in [2.05, 4.69) is 32.0 Å². The average Bonchev–Trinajstić information content (AvgIpc) is 3.12. The Morgan fingerprint density at radius 3 is 2.85 bits per heavy atom. The molecule has 7 N–H and O–H groups in total. The highest BCUT2D eigenvalue weighted by Crippen LogP contribution is 2.35. The lowest BCUT2D eigenvalue weighted by atomic mass is 10.1. The predicted molar refractivity (Wildman–Crippen MR) is 101 cm³/mol. The quantitative estimate of drug-likeness (QED) is 0.421. The predicted octanol–water partition coefficient (Wildman–Crippen LogP) is 0.629. The molecule has 0 spiro atoms. The number of hydrogen-bond donors (Lipinski definition) is 6. The van der Waals surface area contributed by atoms with Gasteiger partial charge in [0, 0.05) is 29.3 Å². The molecule has 1 aromatic heterocycles. The largest absolute Gasteiger partial charge is 0.486 e. The van der Waals surface area contributed by atoms with Gasteiger partial charge in [-0.2, -0.15) is 0 Å². The van der Waals surface area contributed by atoms with E-state index in [0.29, 0.717) is 39.2 Å². The van der Waals surface area contributed by atoms with E-state index in [1.54, 1.807) is 18.2 Å². The first-order chi connectivity index (χ1) is 13.0. The van der Waals surface area contributed by atoms with Gasteiger partial charge in [0.25, 0.3) is 5.91 Å². The molecule has 0 radical (unpaired) electrons. The zero-order chi connectivity index (χ0) is 19.4. The van der Waals surface area contributed by atoms with E-state index in [1.807, 2.05) is 0 Å². The van der Waals surface area contributed by atoms with Gasteiger partial charge in [-0.1, -0.05) is 17.7 Å². The van der Waals surface area contributed by atoms with Gasteiger partial charge in [0.05, 0.1) is 6.54 Å². The van der Waals surface area contributed by atoms with E-state index >= 15 is 0 Å². The molecular formula is C16H18ClN7O3. The Morgan fingerprint density at radius 1 is 1.30 bits per heavy atom. The maximum Gasteiger partial charge on any atom is 0.251 e. The molecule has 0 aliphatic carbocycles. The molecule has 3 rings (SSSR count). The number of pyridine rings is 1. The molecule has 0 bridgehead atoms. The molecule has 0 fully saturated rings. The van der Waals surface area contributed by atoms with Crippen LogP contribution in [0.5, 0.6) is 5.75 Å². The lowest BCUT2D eigenvalue weighted by Crippen LogP contribution is -2.35. The first kappa shape index (κ1) is 18.5. The number of hydrogen-bond acceptors (Lipinski definition) is 8. The van der Waals surface area contributed by atoms with Crippen molar-refractivity contribution in [3.05, 3.63) is 40.4 Å². The molecule has 10 nitrogen and oxygen atoms in total. The molecule has 2 aromatic rings. The Morgan fingerprint density at radius 2 is 2.11 bits per heavy atom. The van der Waals surface area contributed by atoms with Crippen LogP contribution in [0, 0.1) is 0 Å². The van der Waals surface area contributed by atoms with Gasteiger partial charge in [-0.05, 0) is 12.1 Å². The number of halogens is 1. The fourth-order valence-corrected chi connectivity index (χ4v) is 2.57. The summed E-state index contributed by atoms with van der Waals surface area (Å²) in [7, 11) is 1.49. The lowest BCUT2D eigenvalue weighted by Gasteiger charge is -2.12. The molecule has 2 heterocycles. The number of nitrogens with one attached hydrogen (secondary N) is 5. The zero-order valence-corrected chi connectivity index (χ0v) is 15.1. The number of nitrogens with two attached hydrogens (primary N) is 1. The number of rotatable bonds is 6. The second-order valence-corrected chi connectivity index (χ2v) is 6.00. The minimum atomic E-state index is -0.394. The van der Waals surface area contributed by atoms with Crippen molar-refractivity contribution in [1.29, 1.82) is 0 Å². The van der Waals surface area contributed by atoms with Crippen LogP contribution in [-0.2, 0) is 11.4 Å². The third kappa shape index (κ3) is 4.30. The summed E-state index contributed by atoms with van der Waals surface area (Å²) in [4.78, 5) is 27.4. The van der Waals surface area contributed by atoms with Crippen LogP contribution in [-0.4, -0.2) is 30.4 Å². The summed E-state index contributed by atoms with van der Waals surface area (Å²) in [5.74, 6) is 0.643. The number of carbonyl (C=O) groups excluding carboxylic acids is 2. The molecule has 27 heavy (non-hydrogen) atoms. The van der Waals surface area contributed by atoms with Gasteiger partial charge < -0.3 is 21.1 Å². The number of hydrazine groups is 2. The van der Waals surface area contributed by atoms with Crippen LogP contribution >= 0.6 is 11.6 Å². The van der Waals surface area contributed by atoms with Crippen molar-refractivity contribution in [2.24, 2.45) is 0 Å². The highest BCUT2D eigenvalue weighted by atomic mass is 35.5. The Kier molecular flexibility index (Phi) is 5.48. The number of likely N-dealkylation sites (N-methyl/N-ethyl adjacent to an activating group) is 1. The van der Waals surface area contributed by atoms with Crippen LogP contribution in [0.15, 0.2) is 24.3 Å². The molecule has 11 heteroatoms. The Balaban J connectivity index is 1.67. The summed E-state index contributed by atoms with van der Waals surface area (Å²) < 4.78 is 5.79. The van der Waals surface area contributed by atoms with E-state index in [9.17, 15) is 9.59 Å². The van der Waals surface area contributed by atoms with Crippen molar-refractivity contribution in [2.45, 2.75) is 6.61 Å². The van der Waals surface area contributed by atoms with Gasteiger partial charge in [0.15, 0.2) is 11.6 Å². The first-order valence-corrected chi connectivity index (χ1v) is 8.33. The van der Waals surface area contributed by atoms with Gasteiger partial charge in [0.1, 0.15) is 18.1 Å². The van der Waals surface area contributed by atoms with E-state index in [4.69, 9.17) is 22.1 Å². The fourth-order valence-electron chi connectivity index (χ4n) is 2.33. The number of fused-ring (bicyclic) bond motifs is 1. The molecule has 0 saturated heterocycles. The topological polar surface area (TPSA) is 142 Å². The minimum Gasteiger partial charge on any atom is -0.486 e. The second kappa shape index (κ2) is 7.98. The molecule has 142 valence electrons. The number of amides is 2. The highest BCUT2D eigenvalue weighted by molar-refractivity contribution is 6.31. The van der Waals surface area contributed by atoms with Crippen LogP contribution in [0.2, 0.25) is 5.02 Å². The molecule has 0 unspecified atom stereocenters. The summed E-state index contributed by atoms with van der Waals surface area (Å²) in [5.41, 5.74) is 15.8.